The first-order valence-electron chi connectivity index (χ1n) is 4.61. The van der Waals surface area contributed by atoms with E-state index in [4.69, 9.17) is 5.73 Å². The number of rotatable bonds is 3. The first kappa shape index (κ1) is 11.8. The van der Waals surface area contributed by atoms with Crippen LogP contribution >= 0.6 is 11.3 Å². The van der Waals surface area contributed by atoms with Gasteiger partial charge in [0.25, 0.3) is 0 Å². The van der Waals surface area contributed by atoms with E-state index >= 15 is 0 Å². The molecule has 0 atom stereocenters. The third kappa shape index (κ3) is 3.14. The van der Waals surface area contributed by atoms with Gasteiger partial charge in [-0.2, -0.15) is 0 Å². The minimum absolute atomic E-state index is 0.249. The molecule has 0 spiro atoms. The van der Waals surface area contributed by atoms with Crippen LogP contribution in [0.4, 0.5) is 10.8 Å². The lowest BCUT2D eigenvalue weighted by molar-refractivity contribution is 0.606. The second-order valence-corrected chi connectivity index (χ2v) is 6.13. The molecule has 0 radical (unpaired) electrons. The van der Waals surface area contributed by atoms with Gasteiger partial charge in [0, 0.05) is 11.3 Å². The van der Waals surface area contributed by atoms with Crippen LogP contribution in [-0.4, -0.2) is 24.9 Å². The fraction of sp³-hybridized carbons (Fsp3) is 0.111. The molecule has 3 N–H and O–H groups in total. The maximum absolute atomic E-state index is 11.0. The van der Waals surface area contributed by atoms with E-state index in [1.807, 2.05) is 0 Å². The molecule has 2 rings (SSSR count). The number of anilines is 2. The Morgan fingerprint density at radius 2 is 1.88 bits per heavy atom. The van der Waals surface area contributed by atoms with E-state index in [0.717, 1.165) is 11.8 Å². The standard InChI is InChI=1S/C9H10N4O2S2/c1-17(14,15)13-9-12-11-8(16-9)6-2-4-7(10)5-3-6/h2-5H,10H2,1H3,(H,12,13). The van der Waals surface area contributed by atoms with Gasteiger partial charge in [-0.15, -0.1) is 10.2 Å². The van der Waals surface area contributed by atoms with E-state index in [1.165, 1.54) is 11.3 Å². The van der Waals surface area contributed by atoms with Crippen molar-refractivity contribution in [2.45, 2.75) is 0 Å². The molecule has 6 nitrogen and oxygen atoms in total. The molecule has 0 aliphatic heterocycles. The summed E-state index contributed by atoms with van der Waals surface area (Å²) in [5, 5.41) is 8.53. The summed E-state index contributed by atoms with van der Waals surface area (Å²) in [4.78, 5) is 0. The number of nitrogen functional groups attached to an aromatic ring is 1. The SMILES string of the molecule is CS(=O)(=O)Nc1nnc(-c2ccc(N)cc2)s1. The minimum Gasteiger partial charge on any atom is -0.399 e. The Morgan fingerprint density at radius 1 is 1.24 bits per heavy atom. The molecule has 1 aromatic carbocycles. The zero-order chi connectivity index (χ0) is 12.5. The third-order valence-corrected chi connectivity index (χ3v) is 3.44. The smallest absolute Gasteiger partial charge is 0.231 e. The maximum atomic E-state index is 11.0. The predicted octanol–water partition coefficient (Wildman–Crippen LogP) is 1.16. The molecular formula is C9H10N4O2S2. The molecule has 0 saturated heterocycles. The fourth-order valence-electron chi connectivity index (χ4n) is 1.17. The topological polar surface area (TPSA) is 98.0 Å². The molecule has 0 aliphatic carbocycles. The lowest BCUT2D eigenvalue weighted by atomic mass is 10.2. The van der Waals surface area contributed by atoms with Crippen molar-refractivity contribution >= 4 is 32.2 Å². The Hall–Kier alpha value is -1.67. The van der Waals surface area contributed by atoms with Gasteiger partial charge in [0.1, 0.15) is 5.01 Å². The number of aromatic nitrogens is 2. The molecule has 90 valence electrons. The molecular weight excluding hydrogens is 260 g/mol. The number of sulfonamides is 1. The summed E-state index contributed by atoms with van der Waals surface area (Å²) < 4.78 is 24.3. The molecule has 0 saturated carbocycles. The van der Waals surface area contributed by atoms with Crippen LogP contribution in [0.3, 0.4) is 0 Å². The van der Waals surface area contributed by atoms with Crippen molar-refractivity contribution in [3.63, 3.8) is 0 Å². The van der Waals surface area contributed by atoms with Crippen LogP contribution < -0.4 is 10.5 Å². The normalized spacial score (nSPS) is 11.4. The fourth-order valence-corrected chi connectivity index (χ4v) is 2.74. The van der Waals surface area contributed by atoms with Crippen molar-refractivity contribution < 1.29 is 8.42 Å². The van der Waals surface area contributed by atoms with Crippen LogP contribution in [0.15, 0.2) is 24.3 Å². The highest BCUT2D eigenvalue weighted by atomic mass is 32.2. The Kier molecular flexibility index (Phi) is 2.99. The Morgan fingerprint density at radius 3 is 2.47 bits per heavy atom. The number of hydrogen-bond donors (Lipinski definition) is 2. The highest BCUT2D eigenvalue weighted by Gasteiger charge is 2.09. The zero-order valence-corrected chi connectivity index (χ0v) is 10.5. The van der Waals surface area contributed by atoms with Gasteiger partial charge in [0.15, 0.2) is 0 Å². The van der Waals surface area contributed by atoms with E-state index in [-0.39, 0.29) is 5.13 Å². The van der Waals surface area contributed by atoms with Crippen LogP contribution in [-0.2, 0) is 10.0 Å². The molecule has 1 aromatic heterocycles. The molecule has 8 heteroatoms. The van der Waals surface area contributed by atoms with Crippen molar-refractivity contribution in [3.05, 3.63) is 24.3 Å². The molecule has 0 bridgehead atoms. The van der Waals surface area contributed by atoms with Crippen LogP contribution in [0.2, 0.25) is 0 Å². The van der Waals surface area contributed by atoms with Gasteiger partial charge in [-0.25, -0.2) is 8.42 Å². The highest BCUT2D eigenvalue weighted by Crippen LogP contribution is 2.27. The van der Waals surface area contributed by atoms with Crippen molar-refractivity contribution in [2.75, 3.05) is 16.7 Å². The van der Waals surface area contributed by atoms with Gasteiger partial charge in [-0.1, -0.05) is 11.3 Å². The van der Waals surface area contributed by atoms with Gasteiger partial charge >= 0.3 is 0 Å². The summed E-state index contributed by atoms with van der Waals surface area (Å²) in [5.74, 6) is 0. The second kappa shape index (κ2) is 4.30. The summed E-state index contributed by atoms with van der Waals surface area (Å²) in [6.07, 6.45) is 1.07. The highest BCUT2D eigenvalue weighted by molar-refractivity contribution is 7.92. The van der Waals surface area contributed by atoms with Crippen molar-refractivity contribution in [3.8, 4) is 10.6 Å². The quantitative estimate of drug-likeness (QED) is 0.815. The van der Waals surface area contributed by atoms with E-state index in [0.29, 0.717) is 10.7 Å². The molecule has 0 unspecified atom stereocenters. The molecule has 0 amide bonds. The first-order valence-corrected chi connectivity index (χ1v) is 7.32. The summed E-state index contributed by atoms with van der Waals surface area (Å²) in [6, 6.07) is 7.11. The van der Waals surface area contributed by atoms with Crippen LogP contribution in [0.25, 0.3) is 10.6 Å². The van der Waals surface area contributed by atoms with Gasteiger partial charge in [-0.3, -0.25) is 4.72 Å². The number of benzene rings is 1. The summed E-state index contributed by atoms with van der Waals surface area (Å²) in [5.41, 5.74) is 7.07. The predicted molar refractivity (Wildman–Crippen MR) is 68.2 cm³/mol. The van der Waals surface area contributed by atoms with Gasteiger partial charge < -0.3 is 5.73 Å². The van der Waals surface area contributed by atoms with Gasteiger partial charge in [0.2, 0.25) is 15.2 Å². The molecule has 1 heterocycles. The van der Waals surface area contributed by atoms with Crippen LogP contribution in [0.1, 0.15) is 0 Å². The lowest BCUT2D eigenvalue weighted by Gasteiger charge is -1.96. The molecule has 0 aliphatic rings. The van der Waals surface area contributed by atoms with Crippen molar-refractivity contribution in [2.24, 2.45) is 0 Å². The number of nitrogens with one attached hydrogen (secondary N) is 1. The summed E-state index contributed by atoms with van der Waals surface area (Å²) in [6.45, 7) is 0. The van der Waals surface area contributed by atoms with Crippen LogP contribution in [0, 0.1) is 0 Å². The average molecular weight is 270 g/mol. The molecule has 17 heavy (non-hydrogen) atoms. The Bertz CT molecular complexity index is 619. The number of hydrogen-bond acceptors (Lipinski definition) is 6. The second-order valence-electron chi connectivity index (χ2n) is 3.41. The molecule has 2 aromatic rings. The van der Waals surface area contributed by atoms with Gasteiger partial charge in [-0.05, 0) is 24.3 Å². The minimum atomic E-state index is -3.31. The summed E-state index contributed by atoms with van der Waals surface area (Å²) >= 11 is 1.17. The first-order chi connectivity index (χ1) is 7.94. The average Bonchev–Trinajstić information content (AvgIpc) is 2.64. The third-order valence-electron chi connectivity index (χ3n) is 1.86. The van der Waals surface area contributed by atoms with E-state index in [2.05, 4.69) is 14.9 Å². The van der Waals surface area contributed by atoms with Crippen molar-refractivity contribution in [1.29, 1.82) is 0 Å². The Labute approximate surface area is 103 Å². The lowest BCUT2D eigenvalue weighted by Crippen LogP contribution is -2.08. The maximum Gasteiger partial charge on any atom is 0.231 e. The zero-order valence-electron chi connectivity index (χ0n) is 8.91. The summed E-state index contributed by atoms with van der Waals surface area (Å²) in [7, 11) is -3.31. The number of nitrogens with two attached hydrogens (primary N) is 1. The number of nitrogens with zero attached hydrogens (tertiary/aromatic N) is 2. The Balaban J connectivity index is 2.27. The van der Waals surface area contributed by atoms with E-state index in [9.17, 15) is 8.42 Å². The van der Waals surface area contributed by atoms with Gasteiger partial charge in [0.05, 0.1) is 6.26 Å². The monoisotopic (exact) mass is 270 g/mol. The van der Waals surface area contributed by atoms with E-state index in [1.54, 1.807) is 24.3 Å². The van der Waals surface area contributed by atoms with Crippen molar-refractivity contribution in [1.82, 2.24) is 10.2 Å². The molecule has 0 fully saturated rings. The van der Waals surface area contributed by atoms with Crippen LogP contribution in [0.5, 0.6) is 0 Å². The largest absolute Gasteiger partial charge is 0.399 e. The van der Waals surface area contributed by atoms with E-state index < -0.39 is 10.0 Å².